The van der Waals surface area contributed by atoms with Crippen molar-refractivity contribution in [1.29, 1.82) is 0 Å². The number of hydrogen-bond acceptors (Lipinski definition) is 3. The fourth-order valence-electron chi connectivity index (χ4n) is 6.59. The Bertz CT molecular complexity index is 966. The molecule has 1 saturated heterocycles. The van der Waals surface area contributed by atoms with Gasteiger partial charge in [-0.2, -0.15) is 0 Å². The first kappa shape index (κ1) is 22.7. The summed E-state index contributed by atoms with van der Waals surface area (Å²) in [6, 6.07) is 13.4. The van der Waals surface area contributed by atoms with E-state index in [4.69, 9.17) is 4.74 Å². The molecule has 4 atom stereocenters. The largest absolute Gasteiger partial charge is 0.490 e. The van der Waals surface area contributed by atoms with Crippen LogP contribution in [0.25, 0.3) is 10.8 Å². The van der Waals surface area contributed by atoms with Crippen LogP contribution in [0.5, 0.6) is 5.75 Å². The minimum atomic E-state index is -0.593. The van der Waals surface area contributed by atoms with E-state index in [9.17, 15) is 9.90 Å². The number of rotatable bonds is 7. The molecule has 2 aromatic carbocycles. The van der Waals surface area contributed by atoms with Gasteiger partial charge in [0.05, 0.1) is 5.92 Å². The average molecular weight is 450 g/mol. The lowest BCUT2D eigenvalue weighted by Gasteiger charge is -2.45. The number of carboxylic acids is 1. The Balaban J connectivity index is 1.16. The van der Waals surface area contributed by atoms with Gasteiger partial charge < -0.3 is 9.84 Å². The van der Waals surface area contributed by atoms with Crippen molar-refractivity contribution in [3.63, 3.8) is 0 Å². The molecule has 2 saturated carbocycles. The van der Waals surface area contributed by atoms with Crippen LogP contribution in [0, 0.1) is 23.7 Å². The standard InChI is InChI=1S/C29H39NO3/c1-2-21-6-3-4-9-28(21)33-27-13-12-23-14-20(10-11-24(23)16-27)17-30-18-26(19-30)22-7-5-8-25(15-22)29(31)32/h10-14,16,21-22,25-26,28H,2-9,15,17-19H2,1H3,(H,31,32). The van der Waals surface area contributed by atoms with Gasteiger partial charge in [0, 0.05) is 19.6 Å². The van der Waals surface area contributed by atoms with Crippen LogP contribution < -0.4 is 4.74 Å². The topological polar surface area (TPSA) is 49.8 Å². The predicted octanol–water partition coefficient (Wildman–Crippen LogP) is 6.51. The SMILES string of the molecule is CCC1CCCCC1Oc1ccc2cc(CN3CC(C4CCCC(C(=O)O)C4)C3)ccc2c1. The summed E-state index contributed by atoms with van der Waals surface area (Å²) in [7, 11) is 0. The third kappa shape index (κ3) is 5.21. The predicted molar refractivity (Wildman–Crippen MR) is 132 cm³/mol. The molecule has 1 heterocycles. The van der Waals surface area contributed by atoms with E-state index in [0.717, 1.165) is 44.6 Å². The van der Waals surface area contributed by atoms with Crippen molar-refractivity contribution < 1.29 is 14.6 Å². The minimum absolute atomic E-state index is 0.113. The van der Waals surface area contributed by atoms with Gasteiger partial charge in [-0.3, -0.25) is 9.69 Å². The maximum absolute atomic E-state index is 11.4. The molecule has 178 valence electrons. The third-order valence-electron chi connectivity index (χ3n) is 8.65. The maximum atomic E-state index is 11.4. The van der Waals surface area contributed by atoms with Gasteiger partial charge in [-0.05, 0) is 90.8 Å². The fourth-order valence-corrected chi connectivity index (χ4v) is 6.59. The van der Waals surface area contributed by atoms with Crippen LogP contribution in [0.4, 0.5) is 0 Å². The molecule has 4 unspecified atom stereocenters. The van der Waals surface area contributed by atoms with Crippen LogP contribution in [-0.4, -0.2) is 35.2 Å². The molecular weight excluding hydrogens is 410 g/mol. The smallest absolute Gasteiger partial charge is 0.306 e. The Morgan fingerprint density at radius 3 is 2.58 bits per heavy atom. The fraction of sp³-hybridized carbons (Fsp3) is 0.621. The number of carbonyl (C=O) groups is 1. The molecule has 1 aliphatic heterocycles. The number of ether oxygens (including phenoxy) is 1. The van der Waals surface area contributed by atoms with Crippen LogP contribution >= 0.6 is 0 Å². The van der Waals surface area contributed by atoms with E-state index in [2.05, 4.69) is 48.2 Å². The molecule has 0 amide bonds. The maximum Gasteiger partial charge on any atom is 0.306 e. The van der Waals surface area contributed by atoms with Gasteiger partial charge in [0.15, 0.2) is 0 Å². The molecular formula is C29H39NO3. The molecule has 3 aliphatic rings. The van der Waals surface area contributed by atoms with E-state index in [1.165, 1.54) is 54.9 Å². The van der Waals surface area contributed by atoms with Crippen molar-refractivity contribution in [2.24, 2.45) is 23.7 Å². The lowest BCUT2D eigenvalue weighted by molar-refractivity contribution is -0.144. The van der Waals surface area contributed by atoms with E-state index in [-0.39, 0.29) is 5.92 Å². The Morgan fingerprint density at radius 1 is 0.970 bits per heavy atom. The summed E-state index contributed by atoms with van der Waals surface area (Å²) in [6.45, 7) is 5.50. The molecule has 2 aliphatic carbocycles. The molecule has 0 aromatic heterocycles. The zero-order valence-corrected chi connectivity index (χ0v) is 20.0. The van der Waals surface area contributed by atoms with Gasteiger partial charge >= 0.3 is 5.97 Å². The van der Waals surface area contributed by atoms with Crippen LogP contribution in [0.1, 0.15) is 70.3 Å². The van der Waals surface area contributed by atoms with Crippen LogP contribution in [-0.2, 0) is 11.3 Å². The Hall–Kier alpha value is -2.07. The first-order valence-corrected chi connectivity index (χ1v) is 13.2. The highest BCUT2D eigenvalue weighted by Crippen LogP contribution is 2.38. The molecule has 33 heavy (non-hydrogen) atoms. The van der Waals surface area contributed by atoms with Crippen molar-refractivity contribution in [2.75, 3.05) is 13.1 Å². The monoisotopic (exact) mass is 449 g/mol. The average Bonchev–Trinajstić information content (AvgIpc) is 2.81. The van der Waals surface area contributed by atoms with Gasteiger partial charge in [-0.1, -0.05) is 44.4 Å². The number of fused-ring (bicyclic) bond motifs is 1. The highest BCUT2D eigenvalue weighted by molar-refractivity contribution is 5.84. The Labute approximate surface area is 198 Å². The number of carboxylic acid groups (broad SMARTS) is 1. The first-order chi connectivity index (χ1) is 16.1. The molecule has 0 radical (unpaired) electrons. The van der Waals surface area contributed by atoms with Crippen LogP contribution in [0.3, 0.4) is 0 Å². The van der Waals surface area contributed by atoms with Crippen molar-refractivity contribution in [1.82, 2.24) is 4.90 Å². The molecule has 0 bridgehead atoms. The zero-order chi connectivity index (χ0) is 22.8. The second-order valence-corrected chi connectivity index (χ2v) is 10.9. The summed E-state index contributed by atoms with van der Waals surface area (Å²) in [6.07, 6.45) is 10.7. The first-order valence-electron chi connectivity index (χ1n) is 13.2. The summed E-state index contributed by atoms with van der Waals surface area (Å²) in [5.41, 5.74) is 1.36. The van der Waals surface area contributed by atoms with Gasteiger partial charge in [-0.15, -0.1) is 0 Å². The van der Waals surface area contributed by atoms with E-state index < -0.39 is 5.97 Å². The number of nitrogens with zero attached hydrogens (tertiary/aromatic N) is 1. The highest BCUT2D eigenvalue weighted by Gasteiger charge is 2.37. The second kappa shape index (κ2) is 10.0. The van der Waals surface area contributed by atoms with Crippen LogP contribution in [0.15, 0.2) is 36.4 Å². The lowest BCUT2D eigenvalue weighted by Crippen LogP contribution is -2.50. The van der Waals surface area contributed by atoms with E-state index in [1.54, 1.807) is 0 Å². The minimum Gasteiger partial charge on any atom is -0.490 e. The van der Waals surface area contributed by atoms with E-state index in [0.29, 0.717) is 23.9 Å². The molecule has 4 nitrogen and oxygen atoms in total. The van der Waals surface area contributed by atoms with Gasteiger partial charge in [0.1, 0.15) is 11.9 Å². The van der Waals surface area contributed by atoms with Crippen molar-refractivity contribution >= 4 is 16.7 Å². The number of aliphatic carboxylic acids is 1. The zero-order valence-electron chi connectivity index (χ0n) is 20.0. The number of benzene rings is 2. The Morgan fingerprint density at radius 2 is 1.76 bits per heavy atom. The molecule has 4 heteroatoms. The number of likely N-dealkylation sites (tertiary alicyclic amines) is 1. The van der Waals surface area contributed by atoms with Crippen molar-refractivity contribution in [3.05, 3.63) is 42.0 Å². The lowest BCUT2D eigenvalue weighted by atomic mass is 9.72. The molecule has 3 fully saturated rings. The van der Waals surface area contributed by atoms with E-state index in [1.807, 2.05) is 0 Å². The molecule has 1 N–H and O–H groups in total. The second-order valence-electron chi connectivity index (χ2n) is 10.9. The summed E-state index contributed by atoms with van der Waals surface area (Å²) in [5, 5.41) is 11.9. The normalized spacial score (nSPS) is 29.0. The number of hydrogen-bond donors (Lipinski definition) is 1. The highest BCUT2D eigenvalue weighted by atomic mass is 16.5. The van der Waals surface area contributed by atoms with Crippen LogP contribution in [0.2, 0.25) is 0 Å². The third-order valence-corrected chi connectivity index (χ3v) is 8.65. The molecule has 0 spiro atoms. The molecule has 2 aromatic rings. The quantitative estimate of drug-likeness (QED) is 0.523. The van der Waals surface area contributed by atoms with Crippen molar-refractivity contribution in [2.45, 2.75) is 77.4 Å². The summed E-state index contributed by atoms with van der Waals surface area (Å²) >= 11 is 0. The van der Waals surface area contributed by atoms with Crippen molar-refractivity contribution in [3.8, 4) is 5.75 Å². The Kier molecular flexibility index (Phi) is 6.91. The van der Waals surface area contributed by atoms with Gasteiger partial charge in [-0.25, -0.2) is 0 Å². The summed E-state index contributed by atoms with van der Waals surface area (Å²) < 4.78 is 6.43. The summed E-state index contributed by atoms with van der Waals surface area (Å²) in [5.74, 6) is 2.28. The van der Waals surface area contributed by atoms with Gasteiger partial charge in [0.25, 0.3) is 0 Å². The molecule has 5 rings (SSSR count). The summed E-state index contributed by atoms with van der Waals surface area (Å²) in [4.78, 5) is 13.9. The van der Waals surface area contributed by atoms with E-state index >= 15 is 0 Å². The van der Waals surface area contributed by atoms with Gasteiger partial charge in [0.2, 0.25) is 0 Å².